The Kier molecular flexibility index (Phi) is 13.4. The summed E-state index contributed by atoms with van der Waals surface area (Å²) in [6, 6.07) is 0. The Bertz CT molecular complexity index is 306. The second kappa shape index (κ2) is 11.5. The van der Waals surface area contributed by atoms with Crippen molar-refractivity contribution in [2.45, 2.75) is 59.8 Å². The molecule has 4 nitrogen and oxygen atoms in total. The molecule has 0 saturated heterocycles. The van der Waals surface area contributed by atoms with E-state index in [1.54, 1.807) is 0 Å². The van der Waals surface area contributed by atoms with E-state index in [4.69, 9.17) is 0 Å². The summed E-state index contributed by atoms with van der Waals surface area (Å²) in [5.41, 5.74) is 0. The van der Waals surface area contributed by atoms with Gasteiger partial charge in [0.15, 0.2) is 0 Å². The number of rotatable bonds is 10. The maximum atomic E-state index is 10.2. The quantitative estimate of drug-likeness (QED) is 0.253. The molecule has 0 aromatic rings. The summed E-state index contributed by atoms with van der Waals surface area (Å²) in [7, 11) is -4.51. The minimum Gasteiger partial charge on any atom is -0.726 e. The van der Waals surface area contributed by atoms with Gasteiger partial charge in [0.2, 0.25) is 10.4 Å². The van der Waals surface area contributed by atoms with Crippen LogP contribution in [0.1, 0.15) is 59.8 Å². The molecular weight excluding hydrogens is 275 g/mol. The first-order chi connectivity index (χ1) is 8.26. The van der Waals surface area contributed by atoms with E-state index < -0.39 is 10.4 Å². The molecule has 0 aromatic carbocycles. The third kappa shape index (κ3) is 13.6. The number of hydrogen-bond donors (Lipinski definition) is 0. The molecule has 0 aliphatic heterocycles. The summed E-state index contributed by atoms with van der Waals surface area (Å²) in [4.78, 5) is 0. The zero-order valence-electron chi connectivity index (χ0n) is 13.0. The van der Waals surface area contributed by atoms with Crippen LogP contribution in [0.15, 0.2) is 0 Å². The van der Waals surface area contributed by atoms with E-state index in [0.29, 0.717) is 18.3 Å². The van der Waals surface area contributed by atoms with Crippen molar-refractivity contribution in [3.05, 3.63) is 0 Å². The molecule has 0 saturated carbocycles. The first-order valence-electron chi connectivity index (χ1n) is 6.86. The summed E-state index contributed by atoms with van der Waals surface area (Å²) < 4.78 is 34.8. The third-order valence-electron chi connectivity index (χ3n) is 3.72. The second-order valence-corrected chi connectivity index (χ2v) is 6.48. The molecule has 0 rings (SSSR count). The van der Waals surface area contributed by atoms with Crippen molar-refractivity contribution in [3.8, 4) is 0 Å². The van der Waals surface area contributed by atoms with Gasteiger partial charge in [-0.3, -0.25) is 4.18 Å². The SMILES string of the molecule is CCC(C)CC(C)C(C)CCCCOS(=O)(=O)[O-].[Na+]. The molecule has 0 aliphatic carbocycles. The first kappa shape index (κ1) is 22.2. The zero-order valence-corrected chi connectivity index (χ0v) is 15.8. The Morgan fingerprint density at radius 2 is 1.68 bits per heavy atom. The van der Waals surface area contributed by atoms with Crippen molar-refractivity contribution in [2.75, 3.05) is 6.61 Å². The van der Waals surface area contributed by atoms with E-state index in [1.165, 1.54) is 12.8 Å². The topological polar surface area (TPSA) is 66.4 Å². The summed E-state index contributed by atoms with van der Waals surface area (Å²) in [6.45, 7) is 9.00. The van der Waals surface area contributed by atoms with Gasteiger partial charge in [0.1, 0.15) is 0 Å². The van der Waals surface area contributed by atoms with Crippen molar-refractivity contribution in [2.24, 2.45) is 17.8 Å². The van der Waals surface area contributed by atoms with Gasteiger partial charge < -0.3 is 4.55 Å². The van der Waals surface area contributed by atoms with Crippen LogP contribution in [0.4, 0.5) is 0 Å². The predicted molar refractivity (Wildman–Crippen MR) is 71.9 cm³/mol. The van der Waals surface area contributed by atoms with Crippen LogP contribution in [0, 0.1) is 17.8 Å². The normalized spacial score (nSPS) is 16.5. The molecule has 0 amide bonds. The Hall–Kier alpha value is 0.870. The molecule has 110 valence electrons. The van der Waals surface area contributed by atoms with Gasteiger partial charge in [-0.1, -0.05) is 47.0 Å². The monoisotopic (exact) mass is 302 g/mol. The predicted octanol–water partition coefficient (Wildman–Crippen LogP) is 0.346. The Morgan fingerprint density at radius 3 is 2.16 bits per heavy atom. The molecule has 6 heteroatoms. The Labute approximate surface area is 140 Å². The summed E-state index contributed by atoms with van der Waals surface area (Å²) in [5.74, 6) is 2.07. The van der Waals surface area contributed by atoms with Crippen LogP contribution in [0.5, 0.6) is 0 Å². The average molecular weight is 302 g/mol. The molecule has 0 N–H and O–H groups in total. The van der Waals surface area contributed by atoms with Gasteiger partial charge in [0.25, 0.3) is 0 Å². The smallest absolute Gasteiger partial charge is 0.726 e. The Morgan fingerprint density at radius 1 is 1.11 bits per heavy atom. The van der Waals surface area contributed by atoms with Crippen molar-refractivity contribution < 1.29 is 46.7 Å². The van der Waals surface area contributed by atoms with Crippen LogP contribution in [0.3, 0.4) is 0 Å². The molecule has 0 heterocycles. The summed E-state index contributed by atoms with van der Waals surface area (Å²) in [6.07, 6.45) is 5.04. The van der Waals surface area contributed by atoms with Crippen LogP contribution in [-0.4, -0.2) is 19.6 Å². The number of unbranched alkanes of at least 4 members (excludes halogenated alkanes) is 1. The fourth-order valence-corrected chi connectivity index (χ4v) is 2.37. The van der Waals surface area contributed by atoms with Crippen molar-refractivity contribution in [1.29, 1.82) is 0 Å². The van der Waals surface area contributed by atoms with Gasteiger partial charge in [0, 0.05) is 0 Å². The molecule has 19 heavy (non-hydrogen) atoms. The largest absolute Gasteiger partial charge is 1.00 e. The fraction of sp³-hybridized carbons (Fsp3) is 1.00. The van der Waals surface area contributed by atoms with Gasteiger partial charge in [-0.25, -0.2) is 8.42 Å². The van der Waals surface area contributed by atoms with Gasteiger partial charge >= 0.3 is 29.6 Å². The second-order valence-electron chi connectivity index (χ2n) is 5.43. The molecule has 0 aromatic heterocycles. The van der Waals surface area contributed by atoms with E-state index in [-0.39, 0.29) is 36.2 Å². The zero-order chi connectivity index (χ0) is 14.2. The van der Waals surface area contributed by atoms with Gasteiger partial charge in [-0.2, -0.15) is 0 Å². The minimum absolute atomic E-state index is 0. The summed E-state index contributed by atoms with van der Waals surface area (Å²) >= 11 is 0. The van der Waals surface area contributed by atoms with E-state index in [2.05, 4.69) is 31.9 Å². The van der Waals surface area contributed by atoms with E-state index >= 15 is 0 Å². The van der Waals surface area contributed by atoms with E-state index in [1.807, 2.05) is 0 Å². The Balaban J connectivity index is 0. The molecule has 0 aliphatic rings. The minimum atomic E-state index is -4.51. The molecule has 3 atom stereocenters. The van der Waals surface area contributed by atoms with Crippen molar-refractivity contribution in [3.63, 3.8) is 0 Å². The standard InChI is InChI=1S/C13H28O4S.Na/c1-5-11(2)10-13(4)12(3)8-6-7-9-17-18(14,15)16;/h11-13H,5-10H2,1-4H3,(H,14,15,16);/q;+1/p-1. The molecule has 3 unspecified atom stereocenters. The molecule has 0 fully saturated rings. The number of hydrogen-bond acceptors (Lipinski definition) is 4. The van der Waals surface area contributed by atoms with Crippen LogP contribution >= 0.6 is 0 Å². The van der Waals surface area contributed by atoms with Crippen molar-refractivity contribution in [1.82, 2.24) is 0 Å². The molecular formula is C13H27NaO4S. The molecule has 0 radical (unpaired) electrons. The fourth-order valence-electron chi connectivity index (χ4n) is 2.05. The molecule has 0 bridgehead atoms. The first-order valence-corrected chi connectivity index (χ1v) is 8.19. The maximum Gasteiger partial charge on any atom is 1.00 e. The van der Waals surface area contributed by atoms with E-state index in [9.17, 15) is 13.0 Å². The van der Waals surface area contributed by atoms with Crippen LogP contribution in [0.25, 0.3) is 0 Å². The third-order valence-corrected chi connectivity index (χ3v) is 4.18. The summed E-state index contributed by atoms with van der Waals surface area (Å²) in [5, 5.41) is 0. The molecule has 0 spiro atoms. The van der Waals surface area contributed by atoms with Crippen LogP contribution in [0.2, 0.25) is 0 Å². The van der Waals surface area contributed by atoms with Gasteiger partial charge in [0.05, 0.1) is 6.61 Å². The average Bonchev–Trinajstić information content (AvgIpc) is 2.26. The maximum absolute atomic E-state index is 10.2. The van der Waals surface area contributed by atoms with Crippen LogP contribution < -0.4 is 29.6 Å². The van der Waals surface area contributed by atoms with Gasteiger partial charge in [-0.15, -0.1) is 0 Å². The van der Waals surface area contributed by atoms with Crippen LogP contribution in [-0.2, 0) is 14.6 Å². The van der Waals surface area contributed by atoms with E-state index in [0.717, 1.165) is 18.8 Å². The van der Waals surface area contributed by atoms with Gasteiger partial charge in [-0.05, 0) is 30.6 Å². The van der Waals surface area contributed by atoms with Crippen molar-refractivity contribution >= 4 is 10.4 Å².